The summed E-state index contributed by atoms with van der Waals surface area (Å²) in [7, 11) is 0. The quantitative estimate of drug-likeness (QED) is 0.886. The van der Waals surface area contributed by atoms with E-state index in [2.05, 4.69) is 25.9 Å². The van der Waals surface area contributed by atoms with Crippen LogP contribution in [0.1, 0.15) is 42.4 Å². The van der Waals surface area contributed by atoms with Crippen LogP contribution in [0.25, 0.3) is 0 Å². The molecule has 0 radical (unpaired) electrons. The van der Waals surface area contributed by atoms with E-state index in [1.807, 2.05) is 18.2 Å². The Hall–Kier alpha value is -1.76. The first kappa shape index (κ1) is 16.7. The van der Waals surface area contributed by atoms with E-state index in [0.29, 0.717) is 5.92 Å². The molecular weight excluding hydrogens is 314 g/mol. The van der Waals surface area contributed by atoms with Crippen molar-refractivity contribution in [2.45, 2.75) is 45.0 Å². The molecule has 0 spiro atoms. The van der Waals surface area contributed by atoms with Crippen LogP contribution >= 0.6 is 0 Å². The number of aliphatic hydroxyl groups is 1. The molecule has 2 aliphatic rings. The molecule has 2 aromatic rings. The Morgan fingerprint density at radius 3 is 2.92 bits per heavy atom. The molecule has 2 N–H and O–H groups in total. The van der Waals surface area contributed by atoms with Crippen molar-refractivity contribution in [1.82, 2.24) is 25.0 Å². The van der Waals surface area contributed by atoms with Gasteiger partial charge in [0.1, 0.15) is 0 Å². The van der Waals surface area contributed by atoms with Crippen LogP contribution < -0.4 is 5.32 Å². The first-order valence-electron chi connectivity index (χ1n) is 9.37. The van der Waals surface area contributed by atoms with Gasteiger partial charge in [-0.1, -0.05) is 6.07 Å². The zero-order chi connectivity index (χ0) is 17.1. The second kappa shape index (κ2) is 7.64. The molecule has 134 valence electrons. The topological polar surface area (TPSA) is 66.2 Å². The molecular formula is C19H27N5O. The molecule has 6 heteroatoms. The molecule has 4 rings (SSSR count). The maximum Gasteiger partial charge on any atom is 0.0988 e. The predicted molar refractivity (Wildman–Crippen MR) is 95.7 cm³/mol. The summed E-state index contributed by atoms with van der Waals surface area (Å²) in [6.07, 6.45) is 4.47. The SMILES string of the molecule is O[C@@H](c1ccccn1)C1CCN(Cc2cc3n(n2)CCCNC3)CC1. The fourth-order valence-corrected chi connectivity index (χ4v) is 3.95. The second-order valence-electron chi connectivity index (χ2n) is 7.19. The second-order valence-corrected chi connectivity index (χ2v) is 7.19. The Kier molecular flexibility index (Phi) is 5.10. The number of aryl methyl sites for hydroxylation is 1. The number of nitrogens with zero attached hydrogens (tertiary/aromatic N) is 4. The summed E-state index contributed by atoms with van der Waals surface area (Å²) in [5.74, 6) is 0.300. The number of aromatic nitrogens is 3. The summed E-state index contributed by atoms with van der Waals surface area (Å²) in [5.41, 5.74) is 3.27. The normalized spacial score (nSPS) is 20.8. The van der Waals surface area contributed by atoms with Gasteiger partial charge in [-0.3, -0.25) is 14.6 Å². The molecule has 0 saturated carbocycles. The fourth-order valence-electron chi connectivity index (χ4n) is 3.95. The van der Waals surface area contributed by atoms with Crippen LogP contribution in [0.5, 0.6) is 0 Å². The maximum atomic E-state index is 10.6. The molecule has 0 unspecified atom stereocenters. The van der Waals surface area contributed by atoms with E-state index in [9.17, 15) is 5.11 Å². The molecule has 0 aromatic carbocycles. The van der Waals surface area contributed by atoms with Gasteiger partial charge in [-0.15, -0.1) is 0 Å². The lowest BCUT2D eigenvalue weighted by atomic mass is 9.89. The minimum Gasteiger partial charge on any atom is -0.387 e. The van der Waals surface area contributed by atoms with Crippen LogP contribution in [-0.4, -0.2) is 44.4 Å². The van der Waals surface area contributed by atoms with E-state index in [4.69, 9.17) is 5.10 Å². The van der Waals surface area contributed by atoms with E-state index in [-0.39, 0.29) is 0 Å². The number of rotatable bonds is 4. The standard InChI is InChI=1S/C19H27N5O/c25-19(18-4-1-2-8-21-18)15-5-10-23(11-6-15)14-16-12-17-13-20-7-3-9-24(17)22-16/h1-2,4,8,12,15,19-20,25H,3,5-7,9-11,13-14H2/t19-/m1/s1. The minimum absolute atomic E-state index is 0.300. The molecule has 1 atom stereocenters. The van der Waals surface area contributed by atoms with Gasteiger partial charge < -0.3 is 10.4 Å². The highest BCUT2D eigenvalue weighted by molar-refractivity contribution is 5.12. The van der Waals surface area contributed by atoms with Crippen molar-refractivity contribution in [1.29, 1.82) is 0 Å². The van der Waals surface area contributed by atoms with E-state index in [1.54, 1.807) is 6.20 Å². The van der Waals surface area contributed by atoms with Crippen molar-refractivity contribution in [3.8, 4) is 0 Å². The fraction of sp³-hybridized carbons (Fsp3) is 0.579. The molecule has 0 bridgehead atoms. The van der Waals surface area contributed by atoms with Gasteiger partial charge in [0.25, 0.3) is 0 Å². The zero-order valence-corrected chi connectivity index (χ0v) is 14.6. The lowest BCUT2D eigenvalue weighted by molar-refractivity contribution is 0.0536. The number of aliphatic hydroxyl groups excluding tert-OH is 1. The maximum absolute atomic E-state index is 10.6. The molecule has 6 nitrogen and oxygen atoms in total. The summed E-state index contributed by atoms with van der Waals surface area (Å²) in [4.78, 5) is 6.76. The van der Waals surface area contributed by atoms with E-state index in [1.165, 1.54) is 11.4 Å². The van der Waals surface area contributed by atoms with Gasteiger partial charge in [-0.2, -0.15) is 5.10 Å². The van der Waals surface area contributed by atoms with Crippen molar-refractivity contribution in [2.75, 3.05) is 19.6 Å². The Morgan fingerprint density at radius 2 is 2.12 bits per heavy atom. The van der Waals surface area contributed by atoms with Gasteiger partial charge in [0.15, 0.2) is 0 Å². The molecule has 0 amide bonds. The first-order chi connectivity index (χ1) is 12.3. The van der Waals surface area contributed by atoms with Gasteiger partial charge in [0.05, 0.1) is 23.2 Å². The molecule has 1 fully saturated rings. The average Bonchev–Trinajstić information content (AvgIpc) is 2.90. The third-order valence-electron chi connectivity index (χ3n) is 5.40. The average molecular weight is 341 g/mol. The summed E-state index contributed by atoms with van der Waals surface area (Å²) in [6, 6.07) is 8.00. The molecule has 2 aromatic heterocycles. The number of fused-ring (bicyclic) bond motifs is 1. The highest BCUT2D eigenvalue weighted by Crippen LogP contribution is 2.30. The van der Waals surface area contributed by atoms with Gasteiger partial charge in [-0.05, 0) is 63.0 Å². The summed E-state index contributed by atoms with van der Waals surface area (Å²) < 4.78 is 2.16. The largest absolute Gasteiger partial charge is 0.387 e. The van der Waals surface area contributed by atoms with Crippen LogP contribution in [-0.2, 0) is 19.6 Å². The van der Waals surface area contributed by atoms with Crippen LogP contribution in [0.4, 0.5) is 0 Å². The minimum atomic E-state index is -0.446. The van der Waals surface area contributed by atoms with Gasteiger partial charge >= 0.3 is 0 Å². The van der Waals surface area contributed by atoms with Crippen LogP contribution in [0, 0.1) is 5.92 Å². The Labute approximate surface area is 148 Å². The third-order valence-corrected chi connectivity index (χ3v) is 5.40. The summed E-state index contributed by atoms with van der Waals surface area (Å²) in [5, 5.41) is 18.8. The van der Waals surface area contributed by atoms with Gasteiger partial charge in [0, 0.05) is 25.8 Å². The molecule has 1 saturated heterocycles. The Balaban J connectivity index is 1.32. The Morgan fingerprint density at radius 1 is 1.24 bits per heavy atom. The lowest BCUT2D eigenvalue weighted by Gasteiger charge is -2.33. The van der Waals surface area contributed by atoms with Crippen molar-refractivity contribution < 1.29 is 5.11 Å². The number of hydrogen-bond acceptors (Lipinski definition) is 5. The first-order valence-corrected chi connectivity index (χ1v) is 9.37. The number of hydrogen-bond donors (Lipinski definition) is 2. The van der Waals surface area contributed by atoms with Crippen molar-refractivity contribution in [3.05, 3.63) is 47.5 Å². The van der Waals surface area contributed by atoms with E-state index in [0.717, 1.165) is 64.2 Å². The smallest absolute Gasteiger partial charge is 0.0988 e. The van der Waals surface area contributed by atoms with Crippen molar-refractivity contribution >= 4 is 0 Å². The third kappa shape index (κ3) is 3.92. The Bertz CT molecular complexity index is 655. The van der Waals surface area contributed by atoms with Crippen molar-refractivity contribution in [2.24, 2.45) is 5.92 Å². The van der Waals surface area contributed by atoms with E-state index < -0.39 is 6.10 Å². The monoisotopic (exact) mass is 341 g/mol. The highest BCUT2D eigenvalue weighted by Gasteiger charge is 2.27. The van der Waals surface area contributed by atoms with Crippen LogP contribution in [0.15, 0.2) is 30.5 Å². The number of likely N-dealkylation sites (tertiary alicyclic amines) is 1. The number of piperidine rings is 1. The lowest BCUT2D eigenvalue weighted by Crippen LogP contribution is -2.35. The molecule has 2 aliphatic heterocycles. The van der Waals surface area contributed by atoms with Gasteiger partial charge in [-0.25, -0.2) is 0 Å². The number of pyridine rings is 1. The predicted octanol–water partition coefficient (Wildman–Crippen LogP) is 1.72. The number of nitrogens with one attached hydrogen (secondary N) is 1. The van der Waals surface area contributed by atoms with E-state index >= 15 is 0 Å². The summed E-state index contributed by atoms with van der Waals surface area (Å²) in [6.45, 7) is 5.94. The van der Waals surface area contributed by atoms with Crippen LogP contribution in [0.3, 0.4) is 0 Å². The molecule has 0 aliphatic carbocycles. The summed E-state index contributed by atoms with van der Waals surface area (Å²) >= 11 is 0. The zero-order valence-electron chi connectivity index (χ0n) is 14.6. The van der Waals surface area contributed by atoms with Crippen LogP contribution in [0.2, 0.25) is 0 Å². The van der Waals surface area contributed by atoms with Crippen molar-refractivity contribution in [3.63, 3.8) is 0 Å². The highest BCUT2D eigenvalue weighted by atomic mass is 16.3. The molecule has 4 heterocycles. The molecule has 25 heavy (non-hydrogen) atoms. The van der Waals surface area contributed by atoms with Gasteiger partial charge in [0.2, 0.25) is 0 Å².